The van der Waals surface area contributed by atoms with E-state index in [0.29, 0.717) is 5.75 Å². The molecule has 0 saturated carbocycles. The second kappa shape index (κ2) is 5.70. The van der Waals surface area contributed by atoms with Crippen molar-refractivity contribution >= 4 is 5.97 Å². The van der Waals surface area contributed by atoms with Crippen molar-refractivity contribution < 1.29 is 14.6 Å². The molecule has 17 heavy (non-hydrogen) atoms. The largest absolute Gasteiger partial charge is 0.359 e. The maximum absolute atomic E-state index is 11.4. The first-order valence-corrected chi connectivity index (χ1v) is 5.31. The zero-order valence-electron chi connectivity index (χ0n) is 9.21. The Morgan fingerprint density at radius 3 is 2.12 bits per heavy atom. The Hall–Kier alpha value is -2.29. The van der Waals surface area contributed by atoms with Gasteiger partial charge in [-0.05, 0) is 17.7 Å². The number of rotatable bonds is 4. The van der Waals surface area contributed by atoms with Crippen LogP contribution < -0.4 is 4.89 Å². The average Bonchev–Trinajstić information content (AvgIpc) is 2.39. The van der Waals surface area contributed by atoms with Crippen LogP contribution in [0.1, 0.15) is 5.56 Å². The molecule has 0 unspecified atom stereocenters. The summed E-state index contributed by atoms with van der Waals surface area (Å²) in [5, 5.41) is 0. The first kappa shape index (κ1) is 11.2. The van der Waals surface area contributed by atoms with Crippen molar-refractivity contribution in [1.82, 2.24) is 0 Å². The van der Waals surface area contributed by atoms with E-state index in [2.05, 4.69) is 0 Å². The summed E-state index contributed by atoms with van der Waals surface area (Å²) in [6.07, 6.45) is 0.202. The van der Waals surface area contributed by atoms with Gasteiger partial charge in [0.05, 0.1) is 6.42 Å². The maximum atomic E-state index is 11.4. The molecule has 0 amide bonds. The minimum Gasteiger partial charge on any atom is -0.287 e. The molecule has 0 aliphatic rings. The number of para-hydroxylation sites is 1. The van der Waals surface area contributed by atoms with Gasteiger partial charge in [-0.25, -0.2) is 4.79 Å². The first-order valence-electron chi connectivity index (χ1n) is 5.31. The average molecular weight is 228 g/mol. The summed E-state index contributed by atoms with van der Waals surface area (Å²) in [6, 6.07) is 18.3. The zero-order chi connectivity index (χ0) is 11.9. The van der Waals surface area contributed by atoms with Gasteiger partial charge >= 0.3 is 5.97 Å². The van der Waals surface area contributed by atoms with Crippen LogP contribution in [0.25, 0.3) is 0 Å². The third kappa shape index (κ3) is 3.65. The molecule has 0 atom stereocenters. The van der Waals surface area contributed by atoms with Crippen LogP contribution in [0.3, 0.4) is 0 Å². The molecule has 0 saturated heterocycles. The van der Waals surface area contributed by atoms with Gasteiger partial charge in [0.15, 0.2) is 5.75 Å². The Labute approximate surface area is 99.5 Å². The molecule has 0 N–H and O–H groups in total. The summed E-state index contributed by atoms with van der Waals surface area (Å²) in [6.45, 7) is 0. The predicted molar refractivity (Wildman–Crippen MR) is 63.3 cm³/mol. The summed E-state index contributed by atoms with van der Waals surface area (Å²) in [7, 11) is 0. The standard InChI is InChI=1S/C14H12O3/c15-14(11-12-7-3-1-4-8-12)17-16-13-9-5-2-6-10-13/h1-10H,11H2. The van der Waals surface area contributed by atoms with Crippen LogP contribution in [0.15, 0.2) is 60.7 Å². The van der Waals surface area contributed by atoms with E-state index in [1.807, 2.05) is 36.4 Å². The smallest absolute Gasteiger partial charge is 0.287 e. The van der Waals surface area contributed by atoms with Crippen molar-refractivity contribution in [3.63, 3.8) is 0 Å². The lowest BCUT2D eigenvalue weighted by Crippen LogP contribution is -2.10. The van der Waals surface area contributed by atoms with Gasteiger partial charge in [-0.2, -0.15) is 0 Å². The molecule has 2 rings (SSSR count). The number of hydrogen-bond donors (Lipinski definition) is 0. The fraction of sp³-hybridized carbons (Fsp3) is 0.0714. The number of benzene rings is 2. The van der Waals surface area contributed by atoms with Gasteiger partial charge in [0.25, 0.3) is 0 Å². The number of carbonyl (C=O) groups excluding carboxylic acids is 1. The Morgan fingerprint density at radius 2 is 1.47 bits per heavy atom. The third-order valence-electron chi connectivity index (χ3n) is 2.17. The van der Waals surface area contributed by atoms with Crippen LogP contribution in [-0.4, -0.2) is 5.97 Å². The van der Waals surface area contributed by atoms with E-state index in [0.717, 1.165) is 5.56 Å². The van der Waals surface area contributed by atoms with E-state index in [1.165, 1.54) is 0 Å². The third-order valence-corrected chi connectivity index (χ3v) is 2.17. The fourth-order valence-corrected chi connectivity index (χ4v) is 1.36. The van der Waals surface area contributed by atoms with E-state index in [1.54, 1.807) is 24.3 Å². The Bertz CT molecular complexity index is 465. The molecule has 3 nitrogen and oxygen atoms in total. The van der Waals surface area contributed by atoms with Crippen LogP contribution >= 0.6 is 0 Å². The lowest BCUT2D eigenvalue weighted by Gasteiger charge is -2.03. The van der Waals surface area contributed by atoms with Gasteiger partial charge in [0.2, 0.25) is 0 Å². The fourth-order valence-electron chi connectivity index (χ4n) is 1.36. The molecule has 0 bridgehead atoms. The van der Waals surface area contributed by atoms with Crippen LogP contribution in [0.2, 0.25) is 0 Å². The molecular weight excluding hydrogens is 216 g/mol. The molecule has 0 aromatic heterocycles. The van der Waals surface area contributed by atoms with E-state index in [9.17, 15) is 4.79 Å². The molecule has 0 aliphatic heterocycles. The molecule has 0 heterocycles. The summed E-state index contributed by atoms with van der Waals surface area (Å²) in [5.74, 6) is 0.0916. The van der Waals surface area contributed by atoms with E-state index in [-0.39, 0.29) is 6.42 Å². The van der Waals surface area contributed by atoms with Crippen molar-refractivity contribution in [3.05, 3.63) is 66.2 Å². The highest BCUT2D eigenvalue weighted by molar-refractivity contribution is 5.72. The summed E-state index contributed by atoms with van der Waals surface area (Å²) >= 11 is 0. The van der Waals surface area contributed by atoms with E-state index in [4.69, 9.17) is 9.78 Å². The van der Waals surface area contributed by atoms with Crippen molar-refractivity contribution in [3.8, 4) is 5.75 Å². The monoisotopic (exact) mass is 228 g/mol. The van der Waals surface area contributed by atoms with Gasteiger partial charge < -0.3 is 0 Å². The predicted octanol–water partition coefficient (Wildman–Crippen LogP) is 2.77. The van der Waals surface area contributed by atoms with E-state index < -0.39 is 5.97 Å². The maximum Gasteiger partial charge on any atom is 0.359 e. The van der Waals surface area contributed by atoms with E-state index >= 15 is 0 Å². The van der Waals surface area contributed by atoms with Gasteiger partial charge in [0.1, 0.15) is 0 Å². The van der Waals surface area contributed by atoms with Crippen LogP contribution in [0.4, 0.5) is 0 Å². The number of carbonyl (C=O) groups is 1. The normalized spacial score (nSPS) is 9.65. The topological polar surface area (TPSA) is 35.5 Å². The molecule has 3 heteroatoms. The van der Waals surface area contributed by atoms with Gasteiger partial charge in [-0.3, -0.25) is 9.78 Å². The summed E-state index contributed by atoms with van der Waals surface area (Å²) < 4.78 is 0. The van der Waals surface area contributed by atoms with Gasteiger partial charge in [-0.1, -0.05) is 48.5 Å². The highest BCUT2D eigenvalue weighted by Crippen LogP contribution is 2.09. The second-order valence-corrected chi connectivity index (χ2v) is 3.51. The molecule has 2 aromatic rings. The lowest BCUT2D eigenvalue weighted by atomic mass is 10.2. The van der Waals surface area contributed by atoms with Gasteiger partial charge in [-0.15, -0.1) is 0 Å². The molecule has 0 aliphatic carbocycles. The minimum atomic E-state index is -0.417. The van der Waals surface area contributed by atoms with Crippen molar-refractivity contribution in [2.45, 2.75) is 6.42 Å². The summed E-state index contributed by atoms with van der Waals surface area (Å²) in [4.78, 5) is 21.0. The van der Waals surface area contributed by atoms with Crippen molar-refractivity contribution in [1.29, 1.82) is 0 Å². The van der Waals surface area contributed by atoms with Crippen LogP contribution in [-0.2, 0) is 16.1 Å². The SMILES string of the molecule is O=C(Cc1ccccc1)OOc1ccccc1. The molecule has 2 aromatic carbocycles. The van der Waals surface area contributed by atoms with Crippen LogP contribution in [0, 0.1) is 0 Å². The molecule has 0 fully saturated rings. The van der Waals surface area contributed by atoms with Crippen molar-refractivity contribution in [2.75, 3.05) is 0 Å². The Balaban J connectivity index is 1.83. The highest BCUT2D eigenvalue weighted by atomic mass is 17.2. The Morgan fingerprint density at radius 1 is 0.882 bits per heavy atom. The summed E-state index contributed by atoms with van der Waals surface area (Å²) in [5.41, 5.74) is 0.897. The molecular formula is C14H12O3. The second-order valence-electron chi connectivity index (χ2n) is 3.51. The molecule has 0 spiro atoms. The quantitative estimate of drug-likeness (QED) is 0.596. The van der Waals surface area contributed by atoms with Crippen LogP contribution in [0.5, 0.6) is 5.75 Å². The lowest BCUT2D eigenvalue weighted by molar-refractivity contribution is -0.212. The molecule has 86 valence electrons. The zero-order valence-corrected chi connectivity index (χ0v) is 9.21. The van der Waals surface area contributed by atoms with Crippen molar-refractivity contribution in [2.24, 2.45) is 0 Å². The Kier molecular flexibility index (Phi) is 3.76. The van der Waals surface area contributed by atoms with Gasteiger partial charge in [0, 0.05) is 0 Å². The molecule has 0 radical (unpaired) electrons. The first-order chi connectivity index (χ1) is 8.34. The highest BCUT2D eigenvalue weighted by Gasteiger charge is 2.06. The minimum absolute atomic E-state index is 0.202. The number of hydrogen-bond acceptors (Lipinski definition) is 3.